The average Bonchev–Trinajstić information content (AvgIpc) is 2.70. The summed E-state index contributed by atoms with van der Waals surface area (Å²) in [5, 5.41) is 0.639. The molecule has 17 heavy (non-hydrogen) atoms. The van der Waals surface area contributed by atoms with Crippen LogP contribution < -0.4 is 11.5 Å². The minimum atomic E-state index is -0.255. The van der Waals surface area contributed by atoms with Gasteiger partial charge in [0.15, 0.2) is 0 Å². The van der Waals surface area contributed by atoms with Gasteiger partial charge >= 0.3 is 0 Å². The van der Waals surface area contributed by atoms with Crippen LogP contribution in [0.3, 0.4) is 0 Å². The third-order valence-corrected chi connectivity index (χ3v) is 3.49. The second-order valence-corrected chi connectivity index (χ2v) is 4.79. The summed E-state index contributed by atoms with van der Waals surface area (Å²) in [6.07, 6.45) is 1.84. The first kappa shape index (κ1) is 12.2. The number of nitrogens with two attached hydrogens (primary N) is 2. The van der Waals surface area contributed by atoms with E-state index in [1.165, 1.54) is 0 Å². The second kappa shape index (κ2) is 4.94. The molecule has 1 aromatic carbocycles. The lowest BCUT2D eigenvalue weighted by Crippen LogP contribution is -2.39. The topological polar surface area (TPSA) is 72.4 Å². The maximum atomic E-state index is 11.3. The van der Waals surface area contributed by atoms with Crippen LogP contribution in [-0.4, -0.2) is 23.4 Å². The van der Waals surface area contributed by atoms with E-state index in [2.05, 4.69) is 4.90 Å². The van der Waals surface area contributed by atoms with Gasteiger partial charge in [0.05, 0.1) is 6.04 Å². The van der Waals surface area contributed by atoms with Crippen molar-refractivity contribution in [2.45, 2.75) is 25.4 Å². The minimum Gasteiger partial charge on any atom is -0.399 e. The van der Waals surface area contributed by atoms with Crippen molar-refractivity contribution in [3.63, 3.8) is 0 Å². The highest BCUT2D eigenvalue weighted by Gasteiger charge is 2.29. The average molecular weight is 254 g/mol. The minimum absolute atomic E-state index is 0.163. The molecule has 1 heterocycles. The molecular formula is C12H16ClN3O. The van der Waals surface area contributed by atoms with E-state index in [9.17, 15) is 4.79 Å². The normalized spacial score (nSPS) is 20.6. The van der Waals surface area contributed by atoms with Crippen molar-refractivity contribution >= 4 is 23.2 Å². The molecule has 4 N–H and O–H groups in total. The Bertz CT molecular complexity index is 436. The van der Waals surface area contributed by atoms with E-state index in [0.29, 0.717) is 17.3 Å². The number of halogens is 1. The molecule has 1 unspecified atom stereocenters. The summed E-state index contributed by atoms with van der Waals surface area (Å²) < 4.78 is 0. The molecule has 1 amide bonds. The van der Waals surface area contributed by atoms with Gasteiger partial charge in [0, 0.05) is 17.3 Å². The van der Waals surface area contributed by atoms with Crippen molar-refractivity contribution in [1.82, 2.24) is 4.90 Å². The molecule has 0 saturated carbocycles. The number of amides is 1. The molecule has 1 aliphatic heterocycles. The van der Waals surface area contributed by atoms with Gasteiger partial charge in [0.2, 0.25) is 5.91 Å². The summed E-state index contributed by atoms with van der Waals surface area (Å²) in [5.74, 6) is -0.255. The molecule has 0 spiro atoms. The highest BCUT2D eigenvalue weighted by atomic mass is 35.5. The van der Waals surface area contributed by atoms with E-state index in [1.54, 1.807) is 6.07 Å². The molecule has 1 atom stereocenters. The van der Waals surface area contributed by atoms with Gasteiger partial charge in [-0.3, -0.25) is 9.69 Å². The second-order valence-electron chi connectivity index (χ2n) is 4.38. The van der Waals surface area contributed by atoms with Crippen LogP contribution in [0.15, 0.2) is 18.2 Å². The summed E-state index contributed by atoms with van der Waals surface area (Å²) >= 11 is 6.11. The number of nitrogens with zero attached hydrogens (tertiary/aromatic N) is 1. The van der Waals surface area contributed by atoms with Crippen molar-refractivity contribution in [1.29, 1.82) is 0 Å². The summed E-state index contributed by atoms with van der Waals surface area (Å²) in [6, 6.07) is 5.28. The Morgan fingerprint density at radius 2 is 2.29 bits per heavy atom. The van der Waals surface area contributed by atoms with Crippen LogP contribution in [0, 0.1) is 0 Å². The Morgan fingerprint density at radius 3 is 2.94 bits per heavy atom. The Labute approximate surface area is 106 Å². The third kappa shape index (κ3) is 2.70. The molecule has 1 saturated heterocycles. The van der Waals surface area contributed by atoms with Gasteiger partial charge in [0.1, 0.15) is 0 Å². The van der Waals surface area contributed by atoms with Crippen LogP contribution in [-0.2, 0) is 11.3 Å². The molecule has 92 valence electrons. The largest absolute Gasteiger partial charge is 0.399 e. The van der Waals surface area contributed by atoms with Crippen molar-refractivity contribution in [2.24, 2.45) is 5.73 Å². The number of nitrogen functional groups attached to an aromatic ring is 1. The molecule has 4 nitrogen and oxygen atoms in total. The van der Waals surface area contributed by atoms with Gasteiger partial charge in [0.25, 0.3) is 0 Å². The summed E-state index contributed by atoms with van der Waals surface area (Å²) in [5.41, 5.74) is 12.6. The zero-order valence-electron chi connectivity index (χ0n) is 9.53. The van der Waals surface area contributed by atoms with Gasteiger partial charge in [-0.05, 0) is 37.1 Å². The Balaban J connectivity index is 2.12. The quantitative estimate of drug-likeness (QED) is 0.800. The fourth-order valence-electron chi connectivity index (χ4n) is 2.25. The van der Waals surface area contributed by atoms with Crippen molar-refractivity contribution in [3.8, 4) is 0 Å². The molecule has 1 fully saturated rings. The maximum Gasteiger partial charge on any atom is 0.234 e. The molecule has 5 heteroatoms. The number of hydrogen-bond donors (Lipinski definition) is 2. The van der Waals surface area contributed by atoms with E-state index in [1.807, 2.05) is 12.1 Å². The number of carbonyl (C=O) groups is 1. The van der Waals surface area contributed by atoms with Crippen LogP contribution >= 0.6 is 11.6 Å². The van der Waals surface area contributed by atoms with Crippen LogP contribution in [0.4, 0.5) is 5.69 Å². The number of carbonyl (C=O) groups excluding carboxylic acids is 1. The predicted octanol–water partition coefficient (Wildman–Crippen LogP) is 1.37. The number of primary amides is 1. The molecule has 0 aliphatic carbocycles. The molecule has 0 bridgehead atoms. The number of rotatable bonds is 3. The molecular weight excluding hydrogens is 238 g/mol. The zero-order chi connectivity index (χ0) is 12.4. The predicted molar refractivity (Wildman–Crippen MR) is 68.5 cm³/mol. The van der Waals surface area contributed by atoms with Crippen LogP contribution in [0.5, 0.6) is 0 Å². The van der Waals surface area contributed by atoms with Crippen LogP contribution in [0.2, 0.25) is 5.02 Å². The lowest BCUT2D eigenvalue weighted by atomic mass is 10.1. The fraction of sp³-hybridized carbons (Fsp3) is 0.417. The lowest BCUT2D eigenvalue weighted by molar-refractivity contribution is -0.122. The zero-order valence-corrected chi connectivity index (χ0v) is 10.3. The molecule has 0 radical (unpaired) electrons. The lowest BCUT2D eigenvalue weighted by Gasteiger charge is -2.22. The summed E-state index contributed by atoms with van der Waals surface area (Å²) in [4.78, 5) is 13.3. The van der Waals surface area contributed by atoms with Gasteiger partial charge in [-0.1, -0.05) is 17.7 Å². The monoisotopic (exact) mass is 253 g/mol. The van der Waals surface area contributed by atoms with E-state index in [0.717, 1.165) is 24.9 Å². The van der Waals surface area contributed by atoms with Crippen molar-refractivity contribution in [3.05, 3.63) is 28.8 Å². The van der Waals surface area contributed by atoms with E-state index >= 15 is 0 Å². The molecule has 1 aromatic rings. The first-order valence-corrected chi connectivity index (χ1v) is 6.03. The Kier molecular flexibility index (Phi) is 3.54. The number of benzene rings is 1. The third-order valence-electron chi connectivity index (χ3n) is 3.14. The molecule has 2 rings (SSSR count). The SMILES string of the molecule is NC(=O)C1CCCN1Cc1ccc(N)cc1Cl. The number of hydrogen-bond acceptors (Lipinski definition) is 3. The van der Waals surface area contributed by atoms with Gasteiger partial charge in [-0.25, -0.2) is 0 Å². The van der Waals surface area contributed by atoms with Gasteiger partial charge in [-0.15, -0.1) is 0 Å². The Morgan fingerprint density at radius 1 is 1.53 bits per heavy atom. The highest BCUT2D eigenvalue weighted by Crippen LogP contribution is 2.25. The number of likely N-dealkylation sites (tertiary alicyclic amines) is 1. The molecule has 1 aliphatic rings. The fourth-order valence-corrected chi connectivity index (χ4v) is 2.50. The van der Waals surface area contributed by atoms with Crippen LogP contribution in [0.1, 0.15) is 18.4 Å². The molecule has 0 aromatic heterocycles. The Hall–Kier alpha value is -1.26. The van der Waals surface area contributed by atoms with E-state index in [4.69, 9.17) is 23.1 Å². The van der Waals surface area contributed by atoms with Crippen molar-refractivity contribution in [2.75, 3.05) is 12.3 Å². The van der Waals surface area contributed by atoms with Gasteiger partial charge < -0.3 is 11.5 Å². The highest BCUT2D eigenvalue weighted by molar-refractivity contribution is 6.31. The van der Waals surface area contributed by atoms with E-state index in [-0.39, 0.29) is 11.9 Å². The summed E-state index contributed by atoms with van der Waals surface area (Å²) in [6.45, 7) is 1.53. The van der Waals surface area contributed by atoms with E-state index < -0.39 is 0 Å². The van der Waals surface area contributed by atoms with Gasteiger partial charge in [-0.2, -0.15) is 0 Å². The first-order valence-electron chi connectivity index (χ1n) is 5.65. The standard InChI is InChI=1S/C12H16ClN3O/c13-10-6-9(14)4-3-8(10)7-16-5-1-2-11(16)12(15)17/h3-4,6,11H,1-2,5,7,14H2,(H2,15,17). The van der Waals surface area contributed by atoms with Crippen LogP contribution in [0.25, 0.3) is 0 Å². The van der Waals surface area contributed by atoms with Crippen molar-refractivity contribution < 1.29 is 4.79 Å². The summed E-state index contributed by atoms with van der Waals surface area (Å²) in [7, 11) is 0. The first-order chi connectivity index (χ1) is 8.08. The maximum absolute atomic E-state index is 11.3. The smallest absolute Gasteiger partial charge is 0.234 e. The number of anilines is 1.